The predicted molar refractivity (Wildman–Crippen MR) is 147 cm³/mol. The van der Waals surface area contributed by atoms with Gasteiger partial charge in [0, 0.05) is 21.9 Å². The van der Waals surface area contributed by atoms with Crippen molar-refractivity contribution in [3.8, 4) is 6.07 Å². The van der Waals surface area contributed by atoms with Crippen LogP contribution in [0.5, 0.6) is 0 Å². The fourth-order valence-electron chi connectivity index (χ4n) is 6.37. The van der Waals surface area contributed by atoms with Crippen LogP contribution in [-0.2, 0) is 20.7 Å². The Morgan fingerprint density at radius 3 is 2.54 bits per heavy atom. The Hall–Kier alpha value is -2.79. The van der Waals surface area contributed by atoms with Gasteiger partial charge in [-0.1, -0.05) is 55.8 Å². The van der Waals surface area contributed by atoms with Crippen molar-refractivity contribution in [2.45, 2.75) is 101 Å². The van der Waals surface area contributed by atoms with Crippen molar-refractivity contribution < 1.29 is 19.1 Å². The second-order valence-corrected chi connectivity index (χ2v) is 12.9. The van der Waals surface area contributed by atoms with Crippen molar-refractivity contribution in [3.63, 3.8) is 0 Å². The molecule has 3 saturated carbocycles. The zero-order chi connectivity index (χ0) is 27.5. The first-order valence-corrected chi connectivity index (χ1v) is 14.8. The van der Waals surface area contributed by atoms with Gasteiger partial charge in [0.15, 0.2) is 0 Å². The molecule has 1 saturated heterocycles. The standard InChI is InChI=1S/C30H39ClN4O4/c31-23-8-4-7-21(13-23)16-29(9-10-29)19-39-28(38)34-25(14-20-5-2-1-3-6-20)27(37)33-24(18-32)15-22-17-30(11-12-30)35-26(22)36/h4,7-8,13,20,22,24-25H,1-3,5-6,9-12,14-17,19H2,(H,33,37)(H,34,38)(H,35,36)/t22?,24-,25-/m0/s1. The Morgan fingerprint density at radius 1 is 1.13 bits per heavy atom. The molecular formula is C30H39ClN4O4. The number of rotatable bonds is 11. The van der Waals surface area contributed by atoms with Crippen molar-refractivity contribution in [3.05, 3.63) is 34.9 Å². The third-order valence-electron chi connectivity index (χ3n) is 9.08. The lowest BCUT2D eigenvalue weighted by Crippen LogP contribution is -2.51. The van der Waals surface area contributed by atoms with E-state index in [2.05, 4.69) is 22.0 Å². The zero-order valence-corrected chi connectivity index (χ0v) is 23.2. The summed E-state index contributed by atoms with van der Waals surface area (Å²) in [5.74, 6) is -0.359. The number of nitrogens with zero attached hydrogens (tertiary/aromatic N) is 1. The molecule has 1 spiro atoms. The van der Waals surface area contributed by atoms with Gasteiger partial charge in [0.25, 0.3) is 0 Å². The molecule has 0 bridgehead atoms. The van der Waals surface area contributed by atoms with Gasteiger partial charge in [0.1, 0.15) is 12.1 Å². The van der Waals surface area contributed by atoms with Gasteiger partial charge in [-0.15, -0.1) is 0 Å². The van der Waals surface area contributed by atoms with Crippen LogP contribution >= 0.6 is 11.6 Å². The molecule has 1 aliphatic heterocycles. The molecule has 0 radical (unpaired) electrons. The summed E-state index contributed by atoms with van der Waals surface area (Å²) >= 11 is 6.13. The lowest BCUT2D eigenvalue weighted by atomic mass is 9.84. The summed E-state index contributed by atoms with van der Waals surface area (Å²) < 4.78 is 5.64. The number of nitriles is 1. The molecule has 4 aliphatic rings. The van der Waals surface area contributed by atoms with E-state index in [0.717, 1.165) is 63.4 Å². The predicted octanol–water partition coefficient (Wildman–Crippen LogP) is 4.80. The van der Waals surface area contributed by atoms with Crippen LogP contribution in [0.4, 0.5) is 4.79 Å². The maximum Gasteiger partial charge on any atom is 0.407 e. The highest BCUT2D eigenvalue weighted by Crippen LogP contribution is 2.49. The number of ether oxygens (including phenoxy) is 1. The Kier molecular flexibility index (Phi) is 8.37. The Balaban J connectivity index is 1.16. The second kappa shape index (κ2) is 11.8. The summed E-state index contributed by atoms with van der Waals surface area (Å²) in [5.41, 5.74) is 0.951. The number of benzene rings is 1. The van der Waals surface area contributed by atoms with Crippen LogP contribution in [0.1, 0.15) is 82.6 Å². The summed E-state index contributed by atoms with van der Waals surface area (Å²) in [4.78, 5) is 38.6. The average Bonchev–Trinajstić information content (AvgIpc) is 3.83. The lowest BCUT2D eigenvalue weighted by Gasteiger charge is -2.27. The summed E-state index contributed by atoms with van der Waals surface area (Å²) in [6.07, 6.45) is 11.1. The van der Waals surface area contributed by atoms with Gasteiger partial charge in [-0.3, -0.25) is 9.59 Å². The number of nitrogens with one attached hydrogen (secondary N) is 3. The van der Waals surface area contributed by atoms with Crippen LogP contribution in [0, 0.1) is 28.6 Å². The minimum absolute atomic E-state index is 0.0331. The maximum atomic E-state index is 13.4. The third-order valence-corrected chi connectivity index (χ3v) is 9.31. The number of carbonyl (C=O) groups is 3. The van der Waals surface area contributed by atoms with Gasteiger partial charge in [-0.2, -0.15) is 5.26 Å². The van der Waals surface area contributed by atoms with Gasteiger partial charge in [-0.25, -0.2) is 4.79 Å². The van der Waals surface area contributed by atoms with E-state index in [-0.39, 0.29) is 41.7 Å². The van der Waals surface area contributed by atoms with E-state index in [4.69, 9.17) is 16.3 Å². The monoisotopic (exact) mass is 554 g/mol. The summed E-state index contributed by atoms with van der Waals surface area (Å²) in [7, 11) is 0. The third kappa shape index (κ3) is 7.45. The minimum Gasteiger partial charge on any atom is -0.449 e. The molecule has 5 rings (SSSR count). The van der Waals surface area contributed by atoms with Gasteiger partial charge >= 0.3 is 6.09 Å². The van der Waals surface area contributed by atoms with Crippen LogP contribution in [-0.4, -0.2) is 42.1 Å². The molecule has 39 heavy (non-hydrogen) atoms. The molecule has 3 aliphatic carbocycles. The molecule has 3 amide bonds. The fourth-order valence-corrected chi connectivity index (χ4v) is 6.58. The topological polar surface area (TPSA) is 120 Å². The second-order valence-electron chi connectivity index (χ2n) is 12.4. The number of amides is 3. The van der Waals surface area contributed by atoms with Crippen LogP contribution in [0.2, 0.25) is 5.02 Å². The molecule has 0 aromatic heterocycles. The molecule has 9 heteroatoms. The molecule has 1 unspecified atom stereocenters. The zero-order valence-electron chi connectivity index (χ0n) is 22.5. The smallest absolute Gasteiger partial charge is 0.407 e. The van der Waals surface area contributed by atoms with E-state index in [9.17, 15) is 19.6 Å². The average molecular weight is 555 g/mol. The van der Waals surface area contributed by atoms with E-state index in [1.54, 1.807) is 0 Å². The van der Waals surface area contributed by atoms with E-state index in [1.807, 2.05) is 24.3 Å². The molecule has 1 aromatic rings. The Labute approximate surface area is 235 Å². The number of hydrogen-bond acceptors (Lipinski definition) is 5. The summed E-state index contributed by atoms with van der Waals surface area (Å²) in [6, 6.07) is 8.32. The van der Waals surface area contributed by atoms with Crippen molar-refractivity contribution >= 4 is 29.5 Å². The highest BCUT2D eigenvalue weighted by molar-refractivity contribution is 6.30. The Bertz CT molecular complexity index is 1120. The molecular weight excluding hydrogens is 516 g/mol. The minimum atomic E-state index is -0.791. The molecule has 8 nitrogen and oxygen atoms in total. The molecule has 4 fully saturated rings. The maximum absolute atomic E-state index is 13.4. The number of halogens is 1. The van der Waals surface area contributed by atoms with Crippen molar-refractivity contribution in [1.82, 2.24) is 16.0 Å². The van der Waals surface area contributed by atoms with E-state index in [1.165, 1.54) is 6.42 Å². The molecule has 3 N–H and O–H groups in total. The van der Waals surface area contributed by atoms with E-state index >= 15 is 0 Å². The van der Waals surface area contributed by atoms with Gasteiger partial charge in [0.05, 0.1) is 12.7 Å². The number of carbonyl (C=O) groups excluding carboxylic acids is 3. The Morgan fingerprint density at radius 2 is 1.90 bits per heavy atom. The van der Waals surface area contributed by atoms with Crippen LogP contribution < -0.4 is 16.0 Å². The highest BCUT2D eigenvalue weighted by atomic mass is 35.5. The summed E-state index contributed by atoms with van der Waals surface area (Å²) in [5, 5.41) is 19.1. The number of alkyl carbamates (subject to hydrolysis) is 1. The molecule has 1 aromatic carbocycles. The van der Waals surface area contributed by atoms with Crippen molar-refractivity contribution in [2.75, 3.05) is 6.61 Å². The largest absolute Gasteiger partial charge is 0.449 e. The number of hydrogen-bond donors (Lipinski definition) is 3. The van der Waals surface area contributed by atoms with Crippen LogP contribution in [0.3, 0.4) is 0 Å². The first kappa shape index (κ1) is 27.8. The molecule has 3 atom stereocenters. The highest BCUT2D eigenvalue weighted by Gasteiger charge is 2.52. The lowest BCUT2D eigenvalue weighted by molar-refractivity contribution is -0.125. The SMILES string of the molecule is N#C[C@H](CC1CC2(CC2)NC1=O)NC(=O)[C@H](CC1CCCCC1)NC(=O)OCC1(Cc2cccc(Cl)c2)CC1. The first-order chi connectivity index (χ1) is 18.8. The quantitative estimate of drug-likeness (QED) is 0.363. The van der Waals surface area contributed by atoms with Gasteiger partial charge < -0.3 is 20.7 Å². The van der Waals surface area contributed by atoms with Crippen LogP contribution in [0.25, 0.3) is 0 Å². The van der Waals surface area contributed by atoms with Crippen LogP contribution in [0.15, 0.2) is 24.3 Å². The molecule has 1 heterocycles. The van der Waals surface area contributed by atoms with Crippen molar-refractivity contribution in [1.29, 1.82) is 5.26 Å². The fraction of sp³-hybridized carbons (Fsp3) is 0.667. The van der Waals surface area contributed by atoms with E-state index in [0.29, 0.717) is 23.8 Å². The van der Waals surface area contributed by atoms with Gasteiger partial charge in [0.2, 0.25) is 11.8 Å². The summed E-state index contributed by atoms with van der Waals surface area (Å²) in [6.45, 7) is 0.280. The van der Waals surface area contributed by atoms with Gasteiger partial charge in [-0.05, 0) is 75.0 Å². The van der Waals surface area contributed by atoms with E-state index < -0.39 is 18.2 Å². The normalized spacial score (nSPS) is 24.2. The first-order valence-electron chi connectivity index (χ1n) is 14.5. The molecule has 210 valence electrons. The van der Waals surface area contributed by atoms with Crippen molar-refractivity contribution in [2.24, 2.45) is 17.3 Å².